The minimum atomic E-state index is -4.51. The van der Waals surface area contributed by atoms with Crippen LogP contribution in [-0.2, 0) is 11.0 Å². The Morgan fingerprint density at radius 2 is 2.12 bits per heavy atom. The van der Waals surface area contributed by atoms with Gasteiger partial charge in [-0.15, -0.1) is 0 Å². The maximum atomic E-state index is 12.6. The maximum Gasteiger partial charge on any atom is 0.418 e. The molecule has 0 spiro atoms. The SMILES string of the molecule is O=CNc1cc(C(F)(F)F)c2nc[nH]c2c1. The molecule has 7 heteroatoms. The van der Waals surface area contributed by atoms with Gasteiger partial charge in [0.2, 0.25) is 6.41 Å². The largest absolute Gasteiger partial charge is 0.418 e. The van der Waals surface area contributed by atoms with E-state index < -0.39 is 11.7 Å². The first-order valence-electron chi connectivity index (χ1n) is 4.27. The van der Waals surface area contributed by atoms with Crippen molar-refractivity contribution in [3.8, 4) is 0 Å². The fraction of sp³-hybridized carbons (Fsp3) is 0.111. The maximum absolute atomic E-state index is 12.6. The van der Waals surface area contributed by atoms with Crippen molar-refractivity contribution in [3.63, 3.8) is 0 Å². The van der Waals surface area contributed by atoms with Crippen LogP contribution in [0.15, 0.2) is 18.5 Å². The zero-order valence-electron chi connectivity index (χ0n) is 7.80. The fourth-order valence-electron chi connectivity index (χ4n) is 1.42. The van der Waals surface area contributed by atoms with Crippen LogP contribution in [0.1, 0.15) is 5.56 Å². The lowest BCUT2D eigenvalue weighted by Crippen LogP contribution is -2.07. The standard InChI is InChI=1S/C9H6F3N3O/c10-9(11,12)6-1-5(15-4-16)2-7-8(6)14-3-13-7/h1-4H,(H,13,14)(H,15,16). The number of nitrogens with zero attached hydrogens (tertiary/aromatic N) is 1. The molecule has 0 fully saturated rings. The van der Waals surface area contributed by atoms with E-state index in [0.717, 1.165) is 6.07 Å². The zero-order valence-corrected chi connectivity index (χ0v) is 7.80. The number of aromatic nitrogens is 2. The van der Waals surface area contributed by atoms with Crippen LogP contribution in [-0.4, -0.2) is 16.4 Å². The van der Waals surface area contributed by atoms with Gasteiger partial charge in [0.25, 0.3) is 0 Å². The van der Waals surface area contributed by atoms with Crippen molar-refractivity contribution in [1.82, 2.24) is 9.97 Å². The summed E-state index contributed by atoms with van der Waals surface area (Å²) in [7, 11) is 0. The van der Waals surface area contributed by atoms with Crippen LogP contribution in [0.4, 0.5) is 18.9 Å². The van der Waals surface area contributed by atoms with Crippen LogP contribution in [0, 0.1) is 0 Å². The molecule has 84 valence electrons. The Labute approximate surface area is 87.5 Å². The number of hydrogen-bond donors (Lipinski definition) is 2. The number of carbonyl (C=O) groups excluding carboxylic acids is 1. The van der Waals surface area contributed by atoms with Crippen molar-refractivity contribution in [2.75, 3.05) is 5.32 Å². The van der Waals surface area contributed by atoms with Gasteiger partial charge in [0.1, 0.15) is 5.52 Å². The van der Waals surface area contributed by atoms with Crippen LogP contribution in [0.25, 0.3) is 11.0 Å². The lowest BCUT2D eigenvalue weighted by Gasteiger charge is -2.09. The normalized spacial score (nSPS) is 11.7. The molecule has 0 saturated carbocycles. The van der Waals surface area contributed by atoms with Gasteiger partial charge in [-0.25, -0.2) is 4.98 Å². The summed E-state index contributed by atoms with van der Waals surface area (Å²) in [5, 5.41) is 2.17. The second-order valence-electron chi connectivity index (χ2n) is 3.08. The van der Waals surface area contributed by atoms with Crippen LogP contribution in [0.3, 0.4) is 0 Å². The molecule has 0 unspecified atom stereocenters. The summed E-state index contributed by atoms with van der Waals surface area (Å²) in [5.74, 6) is 0. The van der Waals surface area contributed by atoms with Gasteiger partial charge in [-0.2, -0.15) is 13.2 Å². The van der Waals surface area contributed by atoms with Crippen molar-refractivity contribution in [2.45, 2.75) is 6.18 Å². The number of carbonyl (C=O) groups is 1. The van der Waals surface area contributed by atoms with Gasteiger partial charge in [-0.1, -0.05) is 0 Å². The third-order valence-electron chi connectivity index (χ3n) is 2.05. The highest BCUT2D eigenvalue weighted by Gasteiger charge is 2.34. The predicted molar refractivity (Wildman–Crippen MR) is 50.8 cm³/mol. The second-order valence-corrected chi connectivity index (χ2v) is 3.08. The van der Waals surface area contributed by atoms with Gasteiger partial charge < -0.3 is 10.3 Å². The summed E-state index contributed by atoms with van der Waals surface area (Å²) in [6.07, 6.45) is -3.02. The van der Waals surface area contributed by atoms with Gasteiger partial charge in [-0.3, -0.25) is 4.79 Å². The van der Waals surface area contributed by atoms with E-state index in [-0.39, 0.29) is 16.7 Å². The molecule has 1 aromatic carbocycles. The number of hydrogen-bond acceptors (Lipinski definition) is 2. The Morgan fingerprint density at radius 1 is 1.38 bits per heavy atom. The number of rotatable bonds is 2. The van der Waals surface area contributed by atoms with Gasteiger partial charge in [-0.05, 0) is 12.1 Å². The van der Waals surface area contributed by atoms with E-state index >= 15 is 0 Å². The number of fused-ring (bicyclic) bond motifs is 1. The van der Waals surface area contributed by atoms with Crippen LogP contribution < -0.4 is 5.32 Å². The molecule has 2 rings (SSSR count). The number of benzene rings is 1. The van der Waals surface area contributed by atoms with Crippen molar-refractivity contribution >= 4 is 23.1 Å². The van der Waals surface area contributed by atoms with Crippen molar-refractivity contribution in [2.24, 2.45) is 0 Å². The number of imidazole rings is 1. The highest BCUT2D eigenvalue weighted by atomic mass is 19.4. The third-order valence-corrected chi connectivity index (χ3v) is 2.05. The average molecular weight is 229 g/mol. The lowest BCUT2D eigenvalue weighted by molar-refractivity contribution is -0.136. The Hall–Kier alpha value is -2.05. The van der Waals surface area contributed by atoms with Gasteiger partial charge in [0.15, 0.2) is 0 Å². The second kappa shape index (κ2) is 3.51. The highest BCUT2D eigenvalue weighted by molar-refractivity contribution is 5.86. The first-order chi connectivity index (χ1) is 7.52. The van der Waals surface area contributed by atoms with Crippen LogP contribution in [0.5, 0.6) is 0 Å². The monoisotopic (exact) mass is 229 g/mol. The third kappa shape index (κ3) is 1.71. The molecule has 1 amide bonds. The summed E-state index contributed by atoms with van der Waals surface area (Å²) in [5.41, 5.74) is -0.752. The first-order valence-corrected chi connectivity index (χ1v) is 4.27. The fourth-order valence-corrected chi connectivity index (χ4v) is 1.42. The summed E-state index contributed by atoms with van der Waals surface area (Å²) < 4.78 is 37.9. The molecule has 0 radical (unpaired) electrons. The number of aromatic amines is 1. The van der Waals surface area contributed by atoms with Crippen molar-refractivity contribution < 1.29 is 18.0 Å². The quantitative estimate of drug-likeness (QED) is 0.775. The van der Waals surface area contributed by atoms with E-state index in [2.05, 4.69) is 15.3 Å². The lowest BCUT2D eigenvalue weighted by atomic mass is 10.1. The Morgan fingerprint density at radius 3 is 2.75 bits per heavy atom. The smallest absolute Gasteiger partial charge is 0.345 e. The number of amides is 1. The summed E-state index contributed by atoms with van der Waals surface area (Å²) >= 11 is 0. The molecule has 0 aliphatic carbocycles. The average Bonchev–Trinajstić information content (AvgIpc) is 2.63. The van der Waals surface area contributed by atoms with Gasteiger partial charge in [0.05, 0.1) is 17.4 Å². The molecule has 16 heavy (non-hydrogen) atoms. The van der Waals surface area contributed by atoms with Crippen LogP contribution in [0.2, 0.25) is 0 Å². The van der Waals surface area contributed by atoms with Gasteiger partial charge in [0, 0.05) is 5.69 Å². The minimum absolute atomic E-state index is 0.0686. The number of halogens is 3. The van der Waals surface area contributed by atoms with Crippen molar-refractivity contribution in [3.05, 3.63) is 24.0 Å². The molecule has 0 atom stereocenters. The van der Waals surface area contributed by atoms with Crippen molar-refractivity contribution in [1.29, 1.82) is 0 Å². The topological polar surface area (TPSA) is 57.8 Å². The molecule has 0 aliphatic heterocycles. The van der Waals surface area contributed by atoms with E-state index in [1.807, 2.05) is 0 Å². The summed E-state index contributed by atoms with van der Waals surface area (Å²) in [6.45, 7) is 0. The highest BCUT2D eigenvalue weighted by Crippen LogP contribution is 2.35. The molecule has 4 nitrogen and oxygen atoms in total. The minimum Gasteiger partial charge on any atom is -0.345 e. The molecule has 1 aromatic heterocycles. The number of alkyl halides is 3. The number of H-pyrrole nitrogens is 1. The van der Waals surface area contributed by atoms with Gasteiger partial charge >= 0.3 is 6.18 Å². The Bertz CT molecular complexity index is 532. The Balaban J connectivity index is 2.68. The van der Waals surface area contributed by atoms with E-state index in [0.29, 0.717) is 6.41 Å². The zero-order chi connectivity index (χ0) is 11.8. The molecule has 0 saturated heterocycles. The summed E-state index contributed by atoms with van der Waals surface area (Å²) in [6, 6.07) is 2.23. The molecule has 1 heterocycles. The number of anilines is 1. The van der Waals surface area contributed by atoms with E-state index in [1.54, 1.807) is 0 Å². The van der Waals surface area contributed by atoms with Crippen LogP contribution >= 0.6 is 0 Å². The van der Waals surface area contributed by atoms with E-state index in [1.165, 1.54) is 12.4 Å². The number of nitrogens with one attached hydrogen (secondary N) is 2. The molecular formula is C9H6F3N3O. The predicted octanol–water partition coefficient (Wildman–Crippen LogP) is 2.15. The van der Waals surface area contributed by atoms with E-state index in [9.17, 15) is 18.0 Å². The molecule has 0 bridgehead atoms. The summed E-state index contributed by atoms with van der Waals surface area (Å²) in [4.78, 5) is 16.3. The van der Waals surface area contributed by atoms with E-state index in [4.69, 9.17) is 0 Å². The first kappa shape index (κ1) is 10.5. The molecule has 0 aliphatic rings. The molecule has 2 N–H and O–H groups in total. The molecular weight excluding hydrogens is 223 g/mol. The molecule has 2 aromatic rings. The Kier molecular flexibility index (Phi) is 2.30.